The minimum Gasteiger partial charge on any atom is -0.480 e. The maximum atomic E-state index is 10.8. The van der Waals surface area contributed by atoms with Crippen molar-refractivity contribution in [1.29, 1.82) is 0 Å². The number of carbonyl (C=O) groups excluding carboxylic acids is 1. The zero-order chi connectivity index (χ0) is 10.6. The fourth-order valence-electron chi connectivity index (χ4n) is 1.29. The second-order valence-electron chi connectivity index (χ2n) is 3.39. The van der Waals surface area contributed by atoms with Crippen LogP contribution >= 0.6 is 0 Å². The topological polar surface area (TPSA) is 104 Å². The van der Waals surface area contributed by atoms with Crippen molar-refractivity contribution in [3.63, 3.8) is 0 Å². The predicted molar refractivity (Wildman–Crippen MR) is 49.6 cm³/mol. The van der Waals surface area contributed by atoms with Crippen LogP contribution in [-0.4, -0.2) is 42.2 Å². The highest BCUT2D eigenvalue weighted by Gasteiger charge is 2.19. The Morgan fingerprint density at radius 2 is 2.50 bits per heavy atom. The molecule has 0 spiro atoms. The highest BCUT2D eigenvalue weighted by atomic mass is 16.4. The summed E-state index contributed by atoms with van der Waals surface area (Å²) < 4.78 is 0. The first-order valence-corrected chi connectivity index (χ1v) is 4.58. The summed E-state index contributed by atoms with van der Waals surface area (Å²) in [6.45, 7) is 0.779. The van der Waals surface area contributed by atoms with E-state index in [0.29, 0.717) is 13.0 Å². The van der Waals surface area contributed by atoms with E-state index in [2.05, 4.69) is 10.6 Å². The number of hydrogen-bond donors (Lipinski definition) is 4. The molecule has 1 aliphatic rings. The van der Waals surface area contributed by atoms with Crippen molar-refractivity contribution >= 4 is 11.9 Å². The number of carbonyl (C=O) groups is 2. The van der Waals surface area contributed by atoms with E-state index in [9.17, 15) is 9.59 Å². The predicted octanol–water partition coefficient (Wildman–Crippen LogP) is -1.73. The Balaban J connectivity index is 2.19. The first kappa shape index (κ1) is 10.9. The number of amides is 1. The minimum atomic E-state index is -1.02. The van der Waals surface area contributed by atoms with Crippen LogP contribution < -0.4 is 16.4 Å². The molecule has 80 valence electrons. The molecule has 1 aliphatic heterocycles. The van der Waals surface area contributed by atoms with Crippen LogP contribution in [0.3, 0.4) is 0 Å². The normalized spacial score (nSPS) is 24.1. The molecule has 2 atom stereocenters. The van der Waals surface area contributed by atoms with E-state index >= 15 is 0 Å². The van der Waals surface area contributed by atoms with Gasteiger partial charge in [0.1, 0.15) is 6.04 Å². The van der Waals surface area contributed by atoms with Crippen molar-refractivity contribution in [2.24, 2.45) is 5.73 Å². The third-order valence-corrected chi connectivity index (χ3v) is 2.21. The third-order valence-electron chi connectivity index (χ3n) is 2.21. The molecule has 0 aromatic heterocycles. The second-order valence-corrected chi connectivity index (χ2v) is 3.39. The van der Waals surface area contributed by atoms with Gasteiger partial charge in [-0.05, 0) is 6.42 Å². The van der Waals surface area contributed by atoms with Crippen molar-refractivity contribution in [3.05, 3.63) is 0 Å². The van der Waals surface area contributed by atoms with Gasteiger partial charge in [-0.25, -0.2) is 0 Å². The van der Waals surface area contributed by atoms with Gasteiger partial charge < -0.3 is 21.5 Å². The summed E-state index contributed by atoms with van der Waals surface area (Å²) in [6.07, 6.45) is 1.22. The molecule has 6 heteroatoms. The molecular formula is C8H15N3O3. The molecule has 0 aromatic rings. The van der Waals surface area contributed by atoms with E-state index < -0.39 is 12.0 Å². The van der Waals surface area contributed by atoms with E-state index in [-0.39, 0.29) is 18.5 Å². The molecule has 0 radical (unpaired) electrons. The van der Waals surface area contributed by atoms with Crippen molar-refractivity contribution in [2.75, 3.05) is 13.1 Å². The quantitative estimate of drug-likeness (QED) is 0.432. The van der Waals surface area contributed by atoms with Crippen molar-refractivity contribution in [3.8, 4) is 0 Å². The largest absolute Gasteiger partial charge is 0.480 e. The molecule has 1 heterocycles. The molecule has 1 saturated heterocycles. The minimum absolute atomic E-state index is 0.0468. The number of nitrogens with two attached hydrogens (primary N) is 1. The maximum Gasteiger partial charge on any atom is 0.321 e. The SMILES string of the molecule is NC(CNC1CCC(=O)NC1)C(=O)O. The van der Waals surface area contributed by atoms with Gasteiger partial charge in [-0.1, -0.05) is 0 Å². The Hall–Kier alpha value is -1.14. The first-order chi connectivity index (χ1) is 6.59. The van der Waals surface area contributed by atoms with Gasteiger partial charge >= 0.3 is 5.97 Å². The zero-order valence-electron chi connectivity index (χ0n) is 7.82. The lowest BCUT2D eigenvalue weighted by molar-refractivity contribution is -0.138. The number of hydrogen-bond acceptors (Lipinski definition) is 4. The highest BCUT2D eigenvalue weighted by molar-refractivity contribution is 5.76. The molecule has 0 bridgehead atoms. The number of nitrogens with one attached hydrogen (secondary N) is 2. The molecule has 1 rings (SSSR count). The fraction of sp³-hybridized carbons (Fsp3) is 0.750. The summed E-state index contributed by atoms with van der Waals surface area (Å²) in [4.78, 5) is 21.2. The van der Waals surface area contributed by atoms with Crippen molar-refractivity contribution < 1.29 is 14.7 Å². The molecule has 2 unspecified atom stereocenters. The third kappa shape index (κ3) is 3.31. The van der Waals surface area contributed by atoms with Gasteiger partial charge in [-0.3, -0.25) is 9.59 Å². The summed E-state index contributed by atoms with van der Waals surface area (Å²) in [6, 6.07) is -0.745. The second kappa shape index (κ2) is 4.92. The molecule has 6 nitrogen and oxygen atoms in total. The highest BCUT2D eigenvalue weighted by Crippen LogP contribution is 2.01. The standard InChI is InChI=1S/C8H15N3O3/c9-6(8(13)14)4-10-5-1-2-7(12)11-3-5/h5-6,10H,1-4,9H2,(H,11,12)(H,13,14). The molecule has 0 aliphatic carbocycles. The van der Waals surface area contributed by atoms with Crippen LogP contribution in [0.4, 0.5) is 0 Å². The van der Waals surface area contributed by atoms with E-state index in [1.165, 1.54) is 0 Å². The molecule has 5 N–H and O–H groups in total. The van der Waals surface area contributed by atoms with Gasteiger partial charge in [0, 0.05) is 25.6 Å². The summed E-state index contributed by atoms with van der Waals surface area (Å²) in [5.41, 5.74) is 5.31. The number of rotatable bonds is 4. The Kier molecular flexibility index (Phi) is 3.84. The van der Waals surface area contributed by atoms with Crippen LogP contribution in [0, 0.1) is 0 Å². The summed E-state index contributed by atoms with van der Waals surface area (Å²) in [5, 5.41) is 14.2. The van der Waals surface area contributed by atoms with Gasteiger partial charge in [-0.2, -0.15) is 0 Å². The van der Waals surface area contributed by atoms with Crippen LogP contribution in [0.25, 0.3) is 0 Å². The molecular weight excluding hydrogens is 186 g/mol. The van der Waals surface area contributed by atoms with E-state index in [4.69, 9.17) is 10.8 Å². The molecule has 0 saturated carbocycles. The average Bonchev–Trinajstić information content (AvgIpc) is 2.16. The Labute approximate surface area is 81.8 Å². The smallest absolute Gasteiger partial charge is 0.321 e. The Bertz CT molecular complexity index is 222. The van der Waals surface area contributed by atoms with Crippen molar-refractivity contribution in [2.45, 2.75) is 24.9 Å². The number of carboxylic acid groups (broad SMARTS) is 1. The molecule has 1 fully saturated rings. The summed E-state index contributed by atoms with van der Waals surface area (Å²) >= 11 is 0. The van der Waals surface area contributed by atoms with Crippen molar-refractivity contribution in [1.82, 2.24) is 10.6 Å². The van der Waals surface area contributed by atoms with Crippen LogP contribution in [0.5, 0.6) is 0 Å². The lowest BCUT2D eigenvalue weighted by Crippen LogP contribution is -2.50. The van der Waals surface area contributed by atoms with E-state index in [1.807, 2.05) is 0 Å². The average molecular weight is 201 g/mol. The molecule has 1 amide bonds. The Morgan fingerprint density at radius 3 is 3.00 bits per heavy atom. The number of carboxylic acids is 1. The zero-order valence-corrected chi connectivity index (χ0v) is 7.82. The first-order valence-electron chi connectivity index (χ1n) is 4.58. The van der Waals surface area contributed by atoms with Gasteiger partial charge in [0.15, 0.2) is 0 Å². The van der Waals surface area contributed by atoms with Crippen LogP contribution in [0.1, 0.15) is 12.8 Å². The van der Waals surface area contributed by atoms with Crippen LogP contribution in [-0.2, 0) is 9.59 Å². The number of aliphatic carboxylic acids is 1. The number of piperidine rings is 1. The monoisotopic (exact) mass is 201 g/mol. The van der Waals surface area contributed by atoms with Crippen LogP contribution in [0.15, 0.2) is 0 Å². The lowest BCUT2D eigenvalue weighted by Gasteiger charge is -2.24. The van der Waals surface area contributed by atoms with E-state index in [1.54, 1.807) is 0 Å². The fourth-order valence-corrected chi connectivity index (χ4v) is 1.29. The van der Waals surface area contributed by atoms with E-state index in [0.717, 1.165) is 6.42 Å². The lowest BCUT2D eigenvalue weighted by atomic mass is 10.1. The molecule has 0 aromatic carbocycles. The summed E-state index contributed by atoms with van der Waals surface area (Å²) in [5.74, 6) is -0.970. The molecule has 14 heavy (non-hydrogen) atoms. The summed E-state index contributed by atoms with van der Waals surface area (Å²) in [7, 11) is 0. The van der Waals surface area contributed by atoms with Crippen LogP contribution in [0.2, 0.25) is 0 Å². The maximum absolute atomic E-state index is 10.8. The van der Waals surface area contributed by atoms with Gasteiger partial charge in [0.05, 0.1) is 0 Å². The Morgan fingerprint density at radius 1 is 1.79 bits per heavy atom. The van der Waals surface area contributed by atoms with Gasteiger partial charge in [0.2, 0.25) is 5.91 Å². The van der Waals surface area contributed by atoms with Gasteiger partial charge in [0.25, 0.3) is 0 Å². The van der Waals surface area contributed by atoms with Gasteiger partial charge in [-0.15, -0.1) is 0 Å².